The van der Waals surface area contributed by atoms with E-state index < -0.39 is 11.6 Å². The fourth-order valence-corrected chi connectivity index (χ4v) is 4.52. The molecule has 2 atom stereocenters. The number of anilines is 1. The minimum absolute atomic E-state index is 0.110. The molecular weight excluding hydrogens is 360 g/mol. The minimum atomic E-state index is -0.573. The van der Waals surface area contributed by atoms with E-state index in [9.17, 15) is 8.78 Å². The Hall–Kier alpha value is -2.67. The van der Waals surface area contributed by atoms with Gasteiger partial charge in [-0.1, -0.05) is 12.1 Å². The first-order valence-electron chi connectivity index (χ1n) is 9.68. The number of rotatable bonds is 3. The summed E-state index contributed by atoms with van der Waals surface area (Å²) in [6.07, 6.45) is 6.12. The molecule has 2 aliphatic rings. The molecule has 2 fully saturated rings. The third-order valence-corrected chi connectivity index (χ3v) is 6.05. The third kappa shape index (κ3) is 3.09. The largest absolute Gasteiger partial charge is 0.354 e. The van der Waals surface area contributed by atoms with Crippen LogP contribution in [0.3, 0.4) is 0 Å². The molecule has 2 unspecified atom stereocenters. The second-order valence-corrected chi connectivity index (χ2v) is 7.62. The van der Waals surface area contributed by atoms with E-state index in [0.717, 1.165) is 61.7 Å². The number of nitrogens with zero attached hydrogens (tertiary/aromatic N) is 5. The molecule has 3 aromatic rings. The van der Waals surface area contributed by atoms with Gasteiger partial charge >= 0.3 is 0 Å². The van der Waals surface area contributed by atoms with Gasteiger partial charge in [-0.3, -0.25) is 14.9 Å². The van der Waals surface area contributed by atoms with Crippen LogP contribution in [-0.2, 0) is 6.54 Å². The SMILES string of the molecule is Fc1cncc(F)c1CN1CCC2CCN(c3cnc4ccccc4n3)CC21. The quantitative estimate of drug-likeness (QED) is 0.696. The van der Waals surface area contributed by atoms with Gasteiger partial charge in [-0.2, -0.15) is 0 Å². The molecule has 0 saturated carbocycles. The van der Waals surface area contributed by atoms with Crippen molar-refractivity contribution in [1.29, 1.82) is 0 Å². The van der Waals surface area contributed by atoms with Crippen molar-refractivity contribution in [3.63, 3.8) is 0 Å². The van der Waals surface area contributed by atoms with Crippen LogP contribution in [-0.4, -0.2) is 45.5 Å². The summed E-state index contributed by atoms with van der Waals surface area (Å²) in [7, 11) is 0. The molecule has 2 saturated heterocycles. The van der Waals surface area contributed by atoms with Gasteiger partial charge in [0.25, 0.3) is 0 Å². The molecule has 0 spiro atoms. The molecule has 0 bridgehead atoms. The second-order valence-electron chi connectivity index (χ2n) is 7.62. The summed E-state index contributed by atoms with van der Waals surface area (Å²) in [5.41, 5.74) is 1.87. The zero-order chi connectivity index (χ0) is 19.1. The van der Waals surface area contributed by atoms with Crippen molar-refractivity contribution in [2.45, 2.75) is 25.4 Å². The van der Waals surface area contributed by atoms with E-state index in [2.05, 4.69) is 19.8 Å². The van der Waals surface area contributed by atoms with Crippen LogP contribution in [0.25, 0.3) is 11.0 Å². The standard InChI is InChI=1S/C21H21F2N5/c22-16-9-24-10-17(23)15(16)12-27-7-5-14-6-8-28(13-20(14)27)21-11-25-18-3-1-2-4-19(18)26-21/h1-4,9-11,14,20H,5-8,12-13H2. The van der Waals surface area contributed by atoms with Gasteiger partial charge in [0, 0.05) is 31.2 Å². The van der Waals surface area contributed by atoms with E-state index in [4.69, 9.17) is 4.98 Å². The van der Waals surface area contributed by atoms with Gasteiger partial charge in [0.2, 0.25) is 0 Å². The molecule has 0 radical (unpaired) electrons. The number of benzene rings is 1. The molecule has 4 heterocycles. The summed E-state index contributed by atoms with van der Waals surface area (Å²) in [5, 5.41) is 0. The normalized spacial score (nSPS) is 22.6. The van der Waals surface area contributed by atoms with Crippen molar-refractivity contribution in [1.82, 2.24) is 19.9 Å². The number of hydrogen-bond acceptors (Lipinski definition) is 5. The first kappa shape index (κ1) is 17.4. The molecule has 7 heteroatoms. The smallest absolute Gasteiger partial charge is 0.148 e. The summed E-state index contributed by atoms with van der Waals surface area (Å²) >= 11 is 0. The topological polar surface area (TPSA) is 45.2 Å². The van der Waals surface area contributed by atoms with Crippen LogP contribution in [0.15, 0.2) is 42.9 Å². The average Bonchev–Trinajstić information content (AvgIpc) is 3.12. The Morgan fingerprint density at radius 1 is 0.964 bits per heavy atom. The molecule has 144 valence electrons. The van der Waals surface area contributed by atoms with Crippen LogP contribution in [0.5, 0.6) is 0 Å². The van der Waals surface area contributed by atoms with Crippen molar-refractivity contribution >= 4 is 16.9 Å². The maximum atomic E-state index is 14.1. The van der Waals surface area contributed by atoms with E-state index >= 15 is 0 Å². The Bertz CT molecular complexity index is 991. The molecule has 2 aromatic heterocycles. The number of pyridine rings is 1. The summed E-state index contributed by atoms with van der Waals surface area (Å²) in [6.45, 7) is 2.86. The number of hydrogen-bond donors (Lipinski definition) is 0. The van der Waals surface area contributed by atoms with Crippen LogP contribution in [0.2, 0.25) is 0 Å². The summed E-state index contributed by atoms with van der Waals surface area (Å²) in [5.74, 6) is 0.274. The van der Waals surface area contributed by atoms with E-state index in [1.54, 1.807) is 0 Å². The van der Waals surface area contributed by atoms with Gasteiger partial charge in [-0.15, -0.1) is 0 Å². The average molecular weight is 381 g/mol. The van der Waals surface area contributed by atoms with E-state index in [-0.39, 0.29) is 18.2 Å². The highest BCUT2D eigenvalue weighted by Gasteiger charge is 2.39. The van der Waals surface area contributed by atoms with Gasteiger partial charge in [-0.25, -0.2) is 13.8 Å². The van der Waals surface area contributed by atoms with E-state index in [1.165, 1.54) is 0 Å². The molecule has 0 N–H and O–H groups in total. The molecule has 5 rings (SSSR count). The Morgan fingerprint density at radius 3 is 2.54 bits per heavy atom. The molecule has 0 amide bonds. The number of fused-ring (bicyclic) bond motifs is 2. The number of likely N-dealkylation sites (tertiary alicyclic amines) is 1. The summed E-state index contributed by atoms with van der Waals surface area (Å²) < 4.78 is 28.1. The van der Waals surface area contributed by atoms with Crippen molar-refractivity contribution in [3.05, 3.63) is 60.1 Å². The Labute approximate surface area is 162 Å². The lowest BCUT2D eigenvalue weighted by molar-refractivity contribution is 0.196. The van der Waals surface area contributed by atoms with Crippen LogP contribution in [0.1, 0.15) is 18.4 Å². The number of halogens is 2. The number of aromatic nitrogens is 3. The first-order chi connectivity index (χ1) is 13.7. The lowest BCUT2D eigenvalue weighted by Crippen LogP contribution is -2.48. The predicted octanol–water partition coefficient (Wildman–Crippen LogP) is 3.40. The van der Waals surface area contributed by atoms with Crippen LogP contribution < -0.4 is 4.90 Å². The third-order valence-electron chi connectivity index (χ3n) is 6.05. The highest BCUT2D eigenvalue weighted by molar-refractivity contribution is 5.75. The van der Waals surface area contributed by atoms with Gasteiger partial charge < -0.3 is 4.90 Å². The number of para-hydroxylation sites is 2. The highest BCUT2D eigenvalue weighted by Crippen LogP contribution is 2.34. The van der Waals surface area contributed by atoms with E-state index in [0.29, 0.717) is 5.92 Å². The predicted molar refractivity (Wildman–Crippen MR) is 103 cm³/mol. The zero-order valence-electron chi connectivity index (χ0n) is 15.4. The fourth-order valence-electron chi connectivity index (χ4n) is 4.52. The zero-order valence-corrected chi connectivity index (χ0v) is 15.4. The Kier molecular flexibility index (Phi) is 4.39. The van der Waals surface area contributed by atoms with Crippen molar-refractivity contribution in [3.8, 4) is 0 Å². The van der Waals surface area contributed by atoms with Crippen molar-refractivity contribution in [2.24, 2.45) is 5.92 Å². The molecule has 2 aliphatic heterocycles. The van der Waals surface area contributed by atoms with Crippen LogP contribution in [0.4, 0.5) is 14.6 Å². The van der Waals surface area contributed by atoms with Crippen LogP contribution >= 0.6 is 0 Å². The Morgan fingerprint density at radius 2 is 1.71 bits per heavy atom. The molecular formula is C21H21F2N5. The van der Waals surface area contributed by atoms with Crippen molar-refractivity contribution in [2.75, 3.05) is 24.5 Å². The lowest BCUT2D eigenvalue weighted by Gasteiger charge is -2.39. The lowest BCUT2D eigenvalue weighted by atomic mass is 9.92. The van der Waals surface area contributed by atoms with Gasteiger partial charge in [0.05, 0.1) is 29.6 Å². The summed E-state index contributed by atoms with van der Waals surface area (Å²) in [4.78, 5) is 17.3. The highest BCUT2D eigenvalue weighted by atomic mass is 19.1. The molecule has 28 heavy (non-hydrogen) atoms. The molecule has 0 aliphatic carbocycles. The van der Waals surface area contributed by atoms with Crippen molar-refractivity contribution < 1.29 is 8.78 Å². The maximum Gasteiger partial charge on any atom is 0.148 e. The second kappa shape index (κ2) is 7.05. The number of piperidine rings is 1. The Balaban J connectivity index is 1.37. The van der Waals surface area contributed by atoms with Gasteiger partial charge in [-0.05, 0) is 37.4 Å². The minimum Gasteiger partial charge on any atom is -0.354 e. The monoisotopic (exact) mass is 381 g/mol. The van der Waals surface area contributed by atoms with Gasteiger partial charge in [0.1, 0.15) is 17.5 Å². The molecule has 5 nitrogen and oxygen atoms in total. The van der Waals surface area contributed by atoms with Crippen LogP contribution in [0, 0.1) is 17.6 Å². The first-order valence-corrected chi connectivity index (χ1v) is 9.68. The van der Waals surface area contributed by atoms with Gasteiger partial charge in [0.15, 0.2) is 0 Å². The maximum absolute atomic E-state index is 14.1. The summed E-state index contributed by atoms with van der Waals surface area (Å²) in [6, 6.07) is 8.10. The van der Waals surface area contributed by atoms with E-state index in [1.807, 2.05) is 30.5 Å². The molecule has 1 aromatic carbocycles. The fraction of sp³-hybridized carbons (Fsp3) is 0.381.